The zero-order valence-corrected chi connectivity index (χ0v) is 14.8. The summed E-state index contributed by atoms with van der Waals surface area (Å²) in [5.41, 5.74) is 2.07. The lowest BCUT2D eigenvalue weighted by Gasteiger charge is -2.10. The summed E-state index contributed by atoms with van der Waals surface area (Å²) < 4.78 is 0. The molecule has 1 aliphatic heterocycles. The predicted molar refractivity (Wildman–Crippen MR) is 99.4 cm³/mol. The lowest BCUT2D eigenvalue weighted by Crippen LogP contribution is -2.17. The van der Waals surface area contributed by atoms with E-state index in [1.165, 1.54) is 16.9 Å². The van der Waals surface area contributed by atoms with Crippen molar-refractivity contribution >= 4 is 33.6 Å². The molecule has 0 atom stereocenters. The maximum absolute atomic E-state index is 12.3. The van der Waals surface area contributed by atoms with Crippen molar-refractivity contribution in [2.24, 2.45) is 0 Å². The second-order valence-electron chi connectivity index (χ2n) is 5.80. The minimum Gasteiger partial charge on any atom is -0.347 e. The van der Waals surface area contributed by atoms with E-state index in [2.05, 4.69) is 27.3 Å². The number of carbonyl (C=O) groups is 1. The summed E-state index contributed by atoms with van der Waals surface area (Å²) in [4.78, 5) is 14.5. The molecule has 0 aliphatic carbocycles. The van der Waals surface area contributed by atoms with Crippen molar-refractivity contribution in [2.75, 3.05) is 23.3 Å². The summed E-state index contributed by atoms with van der Waals surface area (Å²) in [6, 6.07) is 9.75. The van der Waals surface area contributed by atoms with Gasteiger partial charge in [-0.05, 0) is 36.5 Å². The van der Waals surface area contributed by atoms with E-state index in [0.29, 0.717) is 5.13 Å². The summed E-state index contributed by atoms with van der Waals surface area (Å²) in [6.07, 6.45) is 4.84. The first-order valence-corrected chi connectivity index (χ1v) is 9.12. The number of aryl methyl sites for hydroxylation is 1. The van der Waals surface area contributed by atoms with E-state index >= 15 is 0 Å². The van der Waals surface area contributed by atoms with Crippen LogP contribution in [0.1, 0.15) is 30.9 Å². The minimum atomic E-state index is -0.466. The Morgan fingerprint density at radius 2 is 2.04 bits per heavy atom. The fourth-order valence-electron chi connectivity index (χ4n) is 2.63. The second kappa shape index (κ2) is 7.90. The first kappa shape index (κ1) is 17.1. The summed E-state index contributed by atoms with van der Waals surface area (Å²) in [5.74, 6) is -0.466. The molecule has 25 heavy (non-hydrogen) atoms. The van der Waals surface area contributed by atoms with Crippen LogP contribution in [0.2, 0.25) is 0 Å². The molecule has 1 amide bonds. The standard InChI is InChI=1S/C18H19N5OS/c1-2-13-5-7-14(8-6-13)11-15(12-19)16(24)20-17-21-22-18(25-17)23-9-3-4-10-23/h5-8,11H,2-4,9-10H2,1H3,(H,20,21,24)/b15-11-. The van der Waals surface area contributed by atoms with Crippen molar-refractivity contribution in [3.05, 3.63) is 41.0 Å². The lowest BCUT2D eigenvalue weighted by atomic mass is 10.1. The molecule has 0 saturated carbocycles. The molecule has 1 fully saturated rings. The number of carbonyl (C=O) groups excluding carboxylic acids is 1. The first-order chi connectivity index (χ1) is 12.2. The molecule has 7 heteroatoms. The van der Waals surface area contributed by atoms with Gasteiger partial charge in [-0.25, -0.2) is 0 Å². The molecular weight excluding hydrogens is 334 g/mol. The molecule has 2 aromatic rings. The van der Waals surface area contributed by atoms with Crippen LogP contribution in [-0.4, -0.2) is 29.2 Å². The van der Waals surface area contributed by atoms with Gasteiger partial charge in [0, 0.05) is 13.1 Å². The van der Waals surface area contributed by atoms with Crippen LogP contribution in [-0.2, 0) is 11.2 Å². The molecule has 3 rings (SSSR count). The van der Waals surface area contributed by atoms with E-state index in [0.717, 1.165) is 43.0 Å². The molecule has 1 N–H and O–H groups in total. The smallest absolute Gasteiger partial charge is 0.268 e. The Balaban J connectivity index is 1.69. The molecule has 1 saturated heterocycles. The van der Waals surface area contributed by atoms with E-state index in [4.69, 9.17) is 0 Å². The Morgan fingerprint density at radius 1 is 1.32 bits per heavy atom. The van der Waals surface area contributed by atoms with Gasteiger partial charge in [-0.3, -0.25) is 10.1 Å². The molecule has 1 aliphatic rings. The number of hydrogen-bond acceptors (Lipinski definition) is 6. The fourth-order valence-corrected chi connectivity index (χ4v) is 3.42. The second-order valence-corrected chi connectivity index (χ2v) is 6.76. The molecule has 0 bridgehead atoms. The highest BCUT2D eigenvalue weighted by Gasteiger charge is 2.18. The number of amides is 1. The van der Waals surface area contributed by atoms with Crippen molar-refractivity contribution in [1.29, 1.82) is 5.26 Å². The third-order valence-electron chi connectivity index (χ3n) is 4.08. The van der Waals surface area contributed by atoms with Gasteiger partial charge in [0.2, 0.25) is 10.3 Å². The number of nitrogens with one attached hydrogen (secondary N) is 1. The monoisotopic (exact) mass is 353 g/mol. The van der Waals surface area contributed by atoms with Gasteiger partial charge >= 0.3 is 0 Å². The van der Waals surface area contributed by atoms with E-state index in [1.807, 2.05) is 30.3 Å². The minimum absolute atomic E-state index is 0.0437. The van der Waals surface area contributed by atoms with Crippen molar-refractivity contribution < 1.29 is 4.79 Å². The molecule has 6 nitrogen and oxygen atoms in total. The Bertz CT molecular complexity index is 813. The van der Waals surface area contributed by atoms with Crippen LogP contribution in [0.4, 0.5) is 10.3 Å². The third-order valence-corrected chi connectivity index (χ3v) is 4.97. The third kappa shape index (κ3) is 4.22. The summed E-state index contributed by atoms with van der Waals surface area (Å²) in [5, 5.41) is 21.3. The van der Waals surface area contributed by atoms with Gasteiger partial charge in [0.05, 0.1) is 0 Å². The lowest BCUT2D eigenvalue weighted by molar-refractivity contribution is -0.112. The Morgan fingerprint density at radius 3 is 2.68 bits per heavy atom. The van der Waals surface area contributed by atoms with E-state index < -0.39 is 5.91 Å². The van der Waals surface area contributed by atoms with Crippen LogP contribution in [0.25, 0.3) is 6.08 Å². The predicted octanol–water partition coefficient (Wildman–Crippen LogP) is 3.25. The maximum Gasteiger partial charge on any atom is 0.268 e. The number of benzene rings is 1. The van der Waals surface area contributed by atoms with Crippen molar-refractivity contribution in [1.82, 2.24) is 10.2 Å². The van der Waals surface area contributed by atoms with Crippen molar-refractivity contribution in [3.63, 3.8) is 0 Å². The number of aromatic nitrogens is 2. The van der Waals surface area contributed by atoms with Gasteiger partial charge in [-0.2, -0.15) is 5.26 Å². The average molecular weight is 353 g/mol. The maximum atomic E-state index is 12.3. The van der Waals surface area contributed by atoms with Gasteiger partial charge < -0.3 is 4.90 Å². The van der Waals surface area contributed by atoms with Crippen LogP contribution in [0, 0.1) is 11.3 Å². The number of anilines is 2. The summed E-state index contributed by atoms with van der Waals surface area (Å²) >= 11 is 1.33. The molecule has 0 spiro atoms. The number of rotatable bonds is 5. The van der Waals surface area contributed by atoms with Gasteiger partial charge in [0.15, 0.2) is 0 Å². The van der Waals surface area contributed by atoms with Crippen LogP contribution in [0.5, 0.6) is 0 Å². The molecule has 1 aromatic carbocycles. The van der Waals surface area contributed by atoms with Crippen LogP contribution in [0.15, 0.2) is 29.8 Å². The van der Waals surface area contributed by atoms with Gasteiger partial charge in [-0.15, -0.1) is 10.2 Å². The molecule has 1 aromatic heterocycles. The molecule has 0 radical (unpaired) electrons. The van der Waals surface area contributed by atoms with Crippen LogP contribution in [0.3, 0.4) is 0 Å². The largest absolute Gasteiger partial charge is 0.347 e. The molecule has 2 heterocycles. The first-order valence-electron chi connectivity index (χ1n) is 8.30. The van der Waals surface area contributed by atoms with Crippen LogP contribution >= 0.6 is 11.3 Å². The quantitative estimate of drug-likeness (QED) is 0.659. The summed E-state index contributed by atoms with van der Waals surface area (Å²) in [6.45, 7) is 4.02. The highest BCUT2D eigenvalue weighted by Crippen LogP contribution is 2.27. The van der Waals surface area contributed by atoms with Crippen LogP contribution < -0.4 is 10.2 Å². The van der Waals surface area contributed by atoms with E-state index in [9.17, 15) is 10.1 Å². The van der Waals surface area contributed by atoms with E-state index in [-0.39, 0.29) is 5.57 Å². The van der Waals surface area contributed by atoms with Gasteiger partial charge in [0.25, 0.3) is 5.91 Å². The SMILES string of the molecule is CCc1ccc(/C=C(/C#N)C(=O)Nc2nnc(N3CCCC3)s2)cc1. The zero-order chi connectivity index (χ0) is 17.6. The Hall–Kier alpha value is -2.72. The zero-order valence-electron chi connectivity index (χ0n) is 14.0. The normalized spacial score (nSPS) is 14.4. The van der Waals surface area contributed by atoms with Crippen molar-refractivity contribution in [2.45, 2.75) is 26.2 Å². The Kier molecular flexibility index (Phi) is 5.41. The van der Waals surface area contributed by atoms with Crippen molar-refractivity contribution in [3.8, 4) is 6.07 Å². The van der Waals surface area contributed by atoms with Gasteiger partial charge in [-0.1, -0.05) is 42.5 Å². The molecule has 128 valence electrons. The average Bonchev–Trinajstić information content (AvgIpc) is 3.31. The topological polar surface area (TPSA) is 81.9 Å². The highest BCUT2D eigenvalue weighted by molar-refractivity contribution is 7.19. The fraction of sp³-hybridized carbons (Fsp3) is 0.333. The number of hydrogen-bond donors (Lipinski definition) is 1. The van der Waals surface area contributed by atoms with E-state index in [1.54, 1.807) is 6.08 Å². The molecular formula is C18H19N5OS. The number of nitrogens with zero attached hydrogens (tertiary/aromatic N) is 4. The Labute approximate surface area is 150 Å². The summed E-state index contributed by atoms with van der Waals surface area (Å²) in [7, 11) is 0. The molecule has 0 unspecified atom stereocenters. The number of nitriles is 1. The highest BCUT2D eigenvalue weighted by atomic mass is 32.1. The van der Waals surface area contributed by atoms with Gasteiger partial charge in [0.1, 0.15) is 11.6 Å².